The SMILES string of the molecule is [CH2]COC1CCCCCCCCC([O])CCCCCCCC1. The molecule has 0 aromatic rings. The molecule has 1 fully saturated rings. The van der Waals surface area contributed by atoms with Crippen molar-refractivity contribution in [2.24, 2.45) is 0 Å². The summed E-state index contributed by atoms with van der Waals surface area (Å²) in [5, 5.41) is 11.8. The highest BCUT2D eigenvalue weighted by Crippen LogP contribution is 2.18. The first-order chi connectivity index (χ1) is 10.8. The Morgan fingerprint density at radius 3 is 1.41 bits per heavy atom. The molecule has 22 heavy (non-hydrogen) atoms. The van der Waals surface area contributed by atoms with Crippen molar-refractivity contribution in [3.63, 3.8) is 0 Å². The van der Waals surface area contributed by atoms with Crippen LogP contribution in [0.4, 0.5) is 0 Å². The van der Waals surface area contributed by atoms with E-state index >= 15 is 0 Å². The fourth-order valence-corrected chi connectivity index (χ4v) is 3.52. The first-order valence-electron chi connectivity index (χ1n) is 9.89. The predicted octanol–water partition coefficient (Wildman–Crippen LogP) is 6.26. The summed E-state index contributed by atoms with van der Waals surface area (Å²) in [4.78, 5) is 0. The summed E-state index contributed by atoms with van der Waals surface area (Å²) in [6, 6.07) is 0. The van der Waals surface area contributed by atoms with Crippen LogP contribution < -0.4 is 0 Å². The van der Waals surface area contributed by atoms with Gasteiger partial charge in [0.15, 0.2) is 0 Å². The molecule has 130 valence electrons. The van der Waals surface area contributed by atoms with E-state index in [2.05, 4.69) is 6.92 Å². The van der Waals surface area contributed by atoms with E-state index in [0.717, 1.165) is 25.7 Å². The van der Waals surface area contributed by atoms with Crippen LogP contribution in [0.15, 0.2) is 0 Å². The molecule has 2 heteroatoms. The molecule has 0 aliphatic heterocycles. The summed E-state index contributed by atoms with van der Waals surface area (Å²) >= 11 is 0. The van der Waals surface area contributed by atoms with E-state index in [1.165, 1.54) is 77.0 Å². The Balaban J connectivity index is 2.23. The second-order valence-electron chi connectivity index (χ2n) is 7.01. The van der Waals surface area contributed by atoms with Crippen molar-refractivity contribution in [2.45, 2.75) is 115 Å². The van der Waals surface area contributed by atoms with Crippen molar-refractivity contribution in [2.75, 3.05) is 6.61 Å². The second-order valence-corrected chi connectivity index (χ2v) is 7.01. The molecule has 0 N–H and O–H groups in total. The van der Waals surface area contributed by atoms with Gasteiger partial charge in [0.25, 0.3) is 0 Å². The van der Waals surface area contributed by atoms with Gasteiger partial charge in [-0.25, -0.2) is 5.11 Å². The van der Waals surface area contributed by atoms with Gasteiger partial charge in [-0.05, 0) is 32.6 Å². The first-order valence-corrected chi connectivity index (χ1v) is 9.89. The number of ether oxygens (including phenoxy) is 1. The van der Waals surface area contributed by atoms with Gasteiger partial charge in [-0.3, -0.25) is 0 Å². The van der Waals surface area contributed by atoms with Crippen LogP contribution in [0.3, 0.4) is 0 Å². The predicted molar refractivity (Wildman–Crippen MR) is 93.4 cm³/mol. The monoisotopic (exact) mass is 310 g/mol. The van der Waals surface area contributed by atoms with Crippen LogP contribution >= 0.6 is 0 Å². The van der Waals surface area contributed by atoms with E-state index in [1.54, 1.807) is 0 Å². The molecule has 0 aromatic carbocycles. The van der Waals surface area contributed by atoms with E-state index in [9.17, 15) is 5.11 Å². The van der Waals surface area contributed by atoms with Gasteiger partial charge in [-0.2, -0.15) is 0 Å². The number of hydrogen-bond donors (Lipinski definition) is 0. The number of rotatable bonds is 2. The molecule has 0 bridgehead atoms. The fourth-order valence-electron chi connectivity index (χ4n) is 3.52. The summed E-state index contributed by atoms with van der Waals surface area (Å²) in [5.74, 6) is 0. The first kappa shape index (κ1) is 20.0. The molecule has 1 aliphatic carbocycles. The molecule has 0 heterocycles. The highest BCUT2D eigenvalue weighted by atomic mass is 16.5. The van der Waals surface area contributed by atoms with Gasteiger partial charge in [0.1, 0.15) is 0 Å². The lowest BCUT2D eigenvalue weighted by Gasteiger charge is -2.17. The molecule has 0 atom stereocenters. The average molecular weight is 311 g/mol. The van der Waals surface area contributed by atoms with Crippen molar-refractivity contribution < 1.29 is 9.84 Å². The van der Waals surface area contributed by atoms with Gasteiger partial charge in [-0.15, -0.1) is 0 Å². The summed E-state index contributed by atoms with van der Waals surface area (Å²) in [7, 11) is 0. The standard InChI is InChI=1S/C20H38O2/c1-2-22-20-17-13-9-5-3-7-11-15-19(21)16-12-8-4-6-10-14-18-20/h19-20H,1-18H2. The Hall–Kier alpha value is -0.0800. The quantitative estimate of drug-likeness (QED) is 0.591. The lowest BCUT2D eigenvalue weighted by molar-refractivity contribution is 0.0560. The Labute approximate surface area is 139 Å². The van der Waals surface area contributed by atoms with Gasteiger partial charge in [0.2, 0.25) is 0 Å². The molecule has 2 radical (unpaired) electrons. The maximum absolute atomic E-state index is 11.8. The zero-order valence-electron chi connectivity index (χ0n) is 14.7. The normalized spacial score (nSPS) is 28.6. The van der Waals surface area contributed by atoms with Gasteiger partial charge in [0, 0.05) is 6.61 Å². The Bertz CT molecular complexity index is 210. The molecule has 0 aromatic heterocycles. The lowest BCUT2D eigenvalue weighted by atomic mass is 9.99. The van der Waals surface area contributed by atoms with Gasteiger partial charge >= 0.3 is 0 Å². The Kier molecular flexibility index (Phi) is 13.2. The third-order valence-corrected chi connectivity index (χ3v) is 4.96. The van der Waals surface area contributed by atoms with Crippen molar-refractivity contribution in [1.29, 1.82) is 0 Å². The lowest BCUT2D eigenvalue weighted by Crippen LogP contribution is -2.13. The van der Waals surface area contributed by atoms with Crippen molar-refractivity contribution in [1.82, 2.24) is 0 Å². The van der Waals surface area contributed by atoms with Gasteiger partial charge < -0.3 is 4.74 Å². The van der Waals surface area contributed by atoms with Gasteiger partial charge in [-0.1, -0.05) is 77.0 Å². The van der Waals surface area contributed by atoms with Gasteiger partial charge in [0.05, 0.1) is 12.2 Å². The minimum Gasteiger partial charge on any atom is -0.378 e. The summed E-state index contributed by atoms with van der Waals surface area (Å²) in [6.45, 7) is 4.45. The fraction of sp³-hybridized carbons (Fsp3) is 0.950. The third kappa shape index (κ3) is 11.5. The second kappa shape index (κ2) is 14.5. The summed E-state index contributed by atoms with van der Waals surface area (Å²) in [5.41, 5.74) is 0. The van der Waals surface area contributed by atoms with E-state index < -0.39 is 0 Å². The van der Waals surface area contributed by atoms with Crippen LogP contribution in [0.2, 0.25) is 0 Å². The van der Waals surface area contributed by atoms with Crippen LogP contribution in [0, 0.1) is 6.92 Å². The Morgan fingerprint density at radius 1 is 0.636 bits per heavy atom. The van der Waals surface area contributed by atoms with Crippen LogP contribution in [-0.4, -0.2) is 18.8 Å². The van der Waals surface area contributed by atoms with Crippen LogP contribution in [0.25, 0.3) is 0 Å². The molecule has 0 spiro atoms. The van der Waals surface area contributed by atoms with Crippen molar-refractivity contribution >= 4 is 0 Å². The highest BCUT2D eigenvalue weighted by Gasteiger charge is 2.09. The Morgan fingerprint density at radius 2 is 1.00 bits per heavy atom. The molecule has 1 rings (SSSR count). The van der Waals surface area contributed by atoms with Crippen molar-refractivity contribution in [3.8, 4) is 0 Å². The molecular formula is C20H38O2. The average Bonchev–Trinajstić information content (AvgIpc) is 2.51. The molecule has 0 saturated heterocycles. The molecule has 0 amide bonds. The molecule has 1 aliphatic rings. The van der Waals surface area contributed by atoms with E-state index in [4.69, 9.17) is 4.74 Å². The zero-order valence-corrected chi connectivity index (χ0v) is 14.7. The number of hydrogen-bond acceptors (Lipinski definition) is 1. The van der Waals surface area contributed by atoms with E-state index in [1.807, 2.05) is 0 Å². The molecule has 0 unspecified atom stereocenters. The minimum absolute atomic E-state index is 0.292. The van der Waals surface area contributed by atoms with Crippen LogP contribution in [0.5, 0.6) is 0 Å². The topological polar surface area (TPSA) is 29.1 Å². The molecule has 2 nitrogen and oxygen atoms in total. The largest absolute Gasteiger partial charge is 0.378 e. The van der Waals surface area contributed by atoms with E-state index in [0.29, 0.717) is 12.7 Å². The molecule has 1 saturated carbocycles. The van der Waals surface area contributed by atoms with Crippen LogP contribution in [-0.2, 0) is 9.84 Å². The maximum atomic E-state index is 11.8. The zero-order chi connectivity index (χ0) is 15.9. The third-order valence-electron chi connectivity index (χ3n) is 4.96. The molecular weight excluding hydrogens is 272 g/mol. The smallest absolute Gasteiger partial charge is 0.0930 e. The minimum atomic E-state index is -0.292. The van der Waals surface area contributed by atoms with Crippen molar-refractivity contribution in [3.05, 3.63) is 6.92 Å². The summed E-state index contributed by atoms with van der Waals surface area (Å²) < 4.78 is 5.79. The summed E-state index contributed by atoms with van der Waals surface area (Å²) in [6.07, 6.45) is 19.6. The van der Waals surface area contributed by atoms with E-state index in [-0.39, 0.29) is 6.10 Å². The highest BCUT2D eigenvalue weighted by molar-refractivity contribution is 4.62. The maximum Gasteiger partial charge on any atom is 0.0930 e. The van der Waals surface area contributed by atoms with Crippen LogP contribution in [0.1, 0.15) is 103 Å².